The van der Waals surface area contributed by atoms with Crippen molar-refractivity contribution >= 4 is 37.6 Å². The first kappa shape index (κ1) is 17.6. The van der Waals surface area contributed by atoms with Crippen LogP contribution in [0, 0.1) is 11.3 Å². The van der Waals surface area contributed by atoms with Gasteiger partial charge in [-0.2, -0.15) is 10.4 Å². The molecule has 0 spiro atoms. The predicted octanol–water partition coefficient (Wildman–Crippen LogP) is 1.31. The van der Waals surface area contributed by atoms with Gasteiger partial charge in [-0.1, -0.05) is 0 Å². The lowest BCUT2D eigenvalue weighted by atomic mass is 10.0. The molecule has 0 aliphatic carbocycles. The van der Waals surface area contributed by atoms with E-state index in [0.717, 1.165) is 28.5 Å². The van der Waals surface area contributed by atoms with Gasteiger partial charge in [0, 0.05) is 29.6 Å². The molecule has 27 heavy (non-hydrogen) atoms. The molecule has 2 unspecified atom stereocenters. The van der Waals surface area contributed by atoms with Crippen molar-refractivity contribution in [2.45, 2.75) is 31.1 Å². The summed E-state index contributed by atoms with van der Waals surface area (Å²) in [5.74, 6) is 0. The summed E-state index contributed by atoms with van der Waals surface area (Å²) in [5, 5.41) is 18.2. The Morgan fingerprint density at radius 3 is 3.07 bits per heavy atom. The maximum Gasteiger partial charge on any atom is 0.217 e. The van der Waals surface area contributed by atoms with Gasteiger partial charge in [0.05, 0.1) is 35.9 Å². The first-order chi connectivity index (χ1) is 13.0. The minimum Gasteiger partial charge on any atom is -0.366 e. The zero-order valence-electron chi connectivity index (χ0n) is 14.8. The molecule has 0 bridgehead atoms. The topological polar surface area (TPSA) is 128 Å². The maximum atomic E-state index is 12.5. The number of nitrogens with zero attached hydrogens (tertiary/aromatic N) is 5. The van der Waals surface area contributed by atoms with E-state index in [1.165, 1.54) is 0 Å². The third-order valence-corrected chi connectivity index (χ3v) is 6.92. The van der Waals surface area contributed by atoms with Gasteiger partial charge in [0.15, 0.2) is 0 Å². The van der Waals surface area contributed by atoms with Crippen molar-refractivity contribution in [1.29, 1.82) is 5.26 Å². The molecule has 0 aromatic carbocycles. The Labute approximate surface area is 156 Å². The number of piperidine rings is 1. The minimum atomic E-state index is -3.56. The van der Waals surface area contributed by atoms with E-state index in [4.69, 9.17) is 5.26 Å². The Morgan fingerprint density at radius 2 is 2.26 bits per heavy atom. The molecule has 0 saturated carbocycles. The molecular formula is C17H19N7O2S. The summed E-state index contributed by atoms with van der Waals surface area (Å²) in [4.78, 5) is 9.52. The van der Waals surface area contributed by atoms with Gasteiger partial charge in [0.25, 0.3) is 0 Å². The fourth-order valence-corrected chi connectivity index (χ4v) is 4.99. The highest BCUT2D eigenvalue weighted by molar-refractivity contribution is 7.90. The molecule has 1 saturated heterocycles. The summed E-state index contributed by atoms with van der Waals surface area (Å²) in [6.45, 7) is 2.19. The van der Waals surface area contributed by atoms with Crippen molar-refractivity contribution in [1.82, 2.24) is 24.9 Å². The predicted molar refractivity (Wildman–Crippen MR) is 102 cm³/mol. The summed E-state index contributed by atoms with van der Waals surface area (Å²) < 4.78 is 27.4. The van der Waals surface area contributed by atoms with E-state index in [1.54, 1.807) is 12.4 Å². The second-order valence-electron chi connectivity index (χ2n) is 6.71. The Balaban J connectivity index is 1.78. The first-order valence-electron chi connectivity index (χ1n) is 8.71. The summed E-state index contributed by atoms with van der Waals surface area (Å²) in [7, 11) is -3.56. The number of fused-ring (bicyclic) bond motifs is 3. The molecule has 10 heteroatoms. The second-order valence-corrected chi connectivity index (χ2v) is 8.76. The van der Waals surface area contributed by atoms with Gasteiger partial charge in [-0.05, 0) is 25.8 Å². The van der Waals surface area contributed by atoms with Crippen LogP contribution in [0.5, 0.6) is 0 Å². The normalized spacial score (nSPS) is 20.8. The van der Waals surface area contributed by atoms with Crippen LogP contribution in [0.1, 0.15) is 19.8 Å². The quantitative estimate of drug-likeness (QED) is 0.648. The van der Waals surface area contributed by atoms with E-state index in [2.05, 4.69) is 36.7 Å². The average Bonchev–Trinajstić information content (AvgIpc) is 3.15. The van der Waals surface area contributed by atoms with Crippen LogP contribution in [0.4, 0.5) is 5.69 Å². The Kier molecular flexibility index (Phi) is 4.41. The molecule has 1 aliphatic heterocycles. The average molecular weight is 385 g/mol. The SMILES string of the molecule is CC1CCC(S(=O)(=O)NCC#N)CN1c1cnnc2cnc3[nH]ccc3c12. The zero-order valence-corrected chi connectivity index (χ0v) is 15.6. The molecule has 4 rings (SSSR count). The van der Waals surface area contributed by atoms with Crippen molar-refractivity contribution in [3.8, 4) is 6.07 Å². The lowest BCUT2D eigenvalue weighted by Crippen LogP contribution is -2.50. The molecule has 3 aromatic heterocycles. The van der Waals surface area contributed by atoms with Crippen LogP contribution in [-0.2, 0) is 10.0 Å². The summed E-state index contributed by atoms with van der Waals surface area (Å²) in [6, 6.07) is 3.92. The largest absolute Gasteiger partial charge is 0.366 e. The fraction of sp³-hybridized carbons (Fsp3) is 0.412. The number of nitriles is 1. The first-order valence-corrected chi connectivity index (χ1v) is 10.3. The van der Waals surface area contributed by atoms with Crippen LogP contribution in [-0.4, -0.2) is 53.0 Å². The van der Waals surface area contributed by atoms with Crippen molar-refractivity contribution in [2.24, 2.45) is 0 Å². The molecule has 0 amide bonds. The lowest BCUT2D eigenvalue weighted by molar-refractivity contribution is 0.469. The van der Waals surface area contributed by atoms with Crippen LogP contribution in [0.25, 0.3) is 21.9 Å². The monoisotopic (exact) mass is 385 g/mol. The van der Waals surface area contributed by atoms with Gasteiger partial charge >= 0.3 is 0 Å². The van der Waals surface area contributed by atoms with Crippen LogP contribution in [0.15, 0.2) is 24.7 Å². The number of aromatic amines is 1. The molecule has 140 valence electrons. The number of H-pyrrole nitrogens is 1. The summed E-state index contributed by atoms with van der Waals surface area (Å²) >= 11 is 0. The fourth-order valence-electron chi connectivity index (χ4n) is 3.68. The summed E-state index contributed by atoms with van der Waals surface area (Å²) in [5.41, 5.74) is 2.26. The van der Waals surface area contributed by atoms with E-state index in [-0.39, 0.29) is 12.6 Å². The molecule has 4 heterocycles. The van der Waals surface area contributed by atoms with E-state index in [0.29, 0.717) is 18.5 Å². The van der Waals surface area contributed by atoms with E-state index in [1.807, 2.05) is 18.3 Å². The second kappa shape index (κ2) is 6.75. The van der Waals surface area contributed by atoms with Gasteiger partial charge < -0.3 is 9.88 Å². The number of rotatable bonds is 4. The third kappa shape index (κ3) is 3.09. The molecular weight excluding hydrogens is 366 g/mol. The smallest absolute Gasteiger partial charge is 0.217 e. The number of pyridine rings is 1. The maximum absolute atomic E-state index is 12.5. The van der Waals surface area contributed by atoms with Gasteiger partial charge in [-0.15, -0.1) is 5.10 Å². The zero-order chi connectivity index (χ0) is 19.0. The van der Waals surface area contributed by atoms with Crippen molar-refractivity contribution in [3.63, 3.8) is 0 Å². The number of anilines is 1. The minimum absolute atomic E-state index is 0.155. The Bertz CT molecular complexity index is 1140. The van der Waals surface area contributed by atoms with Gasteiger partial charge in [-0.25, -0.2) is 18.1 Å². The Hall–Kier alpha value is -2.77. The van der Waals surface area contributed by atoms with Gasteiger partial charge in [-0.3, -0.25) is 0 Å². The number of aromatic nitrogens is 4. The summed E-state index contributed by atoms with van der Waals surface area (Å²) in [6.07, 6.45) is 6.45. The number of hydrogen-bond acceptors (Lipinski definition) is 7. The number of hydrogen-bond donors (Lipinski definition) is 2. The lowest BCUT2D eigenvalue weighted by Gasteiger charge is -2.39. The van der Waals surface area contributed by atoms with Crippen LogP contribution in [0.3, 0.4) is 0 Å². The Morgan fingerprint density at radius 1 is 1.41 bits per heavy atom. The van der Waals surface area contributed by atoms with E-state index in [9.17, 15) is 8.42 Å². The molecule has 1 aliphatic rings. The van der Waals surface area contributed by atoms with Gasteiger partial charge in [0.1, 0.15) is 11.2 Å². The van der Waals surface area contributed by atoms with Crippen LogP contribution in [0.2, 0.25) is 0 Å². The highest BCUT2D eigenvalue weighted by Crippen LogP contribution is 2.34. The van der Waals surface area contributed by atoms with Crippen LogP contribution >= 0.6 is 0 Å². The highest BCUT2D eigenvalue weighted by atomic mass is 32.2. The molecule has 1 fully saturated rings. The van der Waals surface area contributed by atoms with Crippen molar-refractivity contribution in [3.05, 3.63) is 24.7 Å². The van der Waals surface area contributed by atoms with Crippen LogP contribution < -0.4 is 9.62 Å². The number of sulfonamides is 1. The van der Waals surface area contributed by atoms with E-state index >= 15 is 0 Å². The highest BCUT2D eigenvalue weighted by Gasteiger charge is 2.34. The van der Waals surface area contributed by atoms with Gasteiger partial charge in [0.2, 0.25) is 10.0 Å². The molecule has 0 radical (unpaired) electrons. The molecule has 3 aromatic rings. The van der Waals surface area contributed by atoms with Crippen molar-refractivity contribution < 1.29 is 8.42 Å². The van der Waals surface area contributed by atoms with E-state index < -0.39 is 15.3 Å². The molecule has 9 nitrogen and oxygen atoms in total. The third-order valence-electron chi connectivity index (χ3n) is 5.11. The number of nitrogens with one attached hydrogen (secondary N) is 2. The van der Waals surface area contributed by atoms with Crippen molar-refractivity contribution in [2.75, 3.05) is 18.0 Å². The molecule has 2 N–H and O–H groups in total. The molecule has 2 atom stereocenters. The standard InChI is InChI=1S/C17H19N7O2S/c1-11-2-3-12(27(25,26)22-7-5-18)10-24(11)15-9-21-23-14-8-20-17-13(16(14)15)4-6-19-17/h4,6,8-9,11-12,22H,2-3,7,10H2,1H3,(H,19,20).